The van der Waals surface area contributed by atoms with Crippen molar-refractivity contribution in [2.24, 2.45) is 0 Å². The summed E-state index contributed by atoms with van der Waals surface area (Å²) in [5, 5.41) is 13.5. The molecule has 0 aromatic heterocycles. The monoisotopic (exact) mass is 324 g/mol. The number of hydrogen-bond acceptors (Lipinski definition) is 5. The Labute approximate surface area is 136 Å². The highest BCUT2D eigenvalue weighted by molar-refractivity contribution is 6.06. The summed E-state index contributed by atoms with van der Waals surface area (Å²) in [6.45, 7) is 1.40. The highest BCUT2D eigenvalue weighted by Crippen LogP contribution is 2.34. The normalized spacial score (nSPS) is 14.2. The van der Waals surface area contributed by atoms with Crippen LogP contribution in [0.2, 0.25) is 0 Å². The topological polar surface area (TPSA) is 98.5 Å². The van der Waals surface area contributed by atoms with Crippen LogP contribution in [0.25, 0.3) is 11.8 Å². The second-order valence-electron chi connectivity index (χ2n) is 5.15. The van der Waals surface area contributed by atoms with Crippen molar-refractivity contribution >= 4 is 35.1 Å². The molecule has 0 fully saturated rings. The number of non-ortho nitro benzene ring substituents is 1. The number of nitrogens with zero attached hydrogens (tertiary/aromatic N) is 1. The molecule has 1 N–H and O–H groups in total. The molecule has 1 aliphatic heterocycles. The molecule has 0 saturated heterocycles. The van der Waals surface area contributed by atoms with E-state index in [9.17, 15) is 19.7 Å². The fraction of sp³-hybridized carbons (Fsp3) is 0.0588. The summed E-state index contributed by atoms with van der Waals surface area (Å²) in [5.41, 5.74) is 1.67. The SMILES string of the molecule is CC(=O)Nc1ccccc1C=C1OC(=O)c2cc([N+](=O)[O-])ccc21. The number of para-hydroxylation sites is 1. The Kier molecular flexibility index (Phi) is 3.83. The number of nitro groups is 1. The molecule has 2 aromatic rings. The molecule has 7 nitrogen and oxygen atoms in total. The minimum atomic E-state index is -0.642. The Morgan fingerprint density at radius 1 is 1.21 bits per heavy atom. The van der Waals surface area contributed by atoms with Crippen LogP contribution >= 0.6 is 0 Å². The Morgan fingerprint density at radius 3 is 2.67 bits per heavy atom. The average molecular weight is 324 g/mol. The number of benzene rings is 2. The first kappa shape index (κ1) is 15.4. The van der Waals surface area contributed by atoms with Crippen LogP contribution < -0.4 is 5.32 Å². The zero-order valence-corrected chi connectivity index (χ0v) is 12.6. The van der Waals surface area contributed by atoms with Gasteiger partial charge in [0.2, 0.25) is 5.91 Å². The van der Waals surface area contributed by atoms with Gasteiger partial charge in [-0.05, 0) is 18.2 Å². The van der Waals surface area contributed by atoms with Crippen LogP contribution in [0.4, 0.5) is 11.4 Å². The first-order valence-corrected chi connectivity index (χ1v) is 7.05. The van der Waals surface area contributed by atoms with Gasteiger partial charge in [0.05, 0.1) is 10.5 Å². The average Bonchev–Trinajstić information content (AvgIpc) is 2.84. The highest BCUT2D eigenvalue weighted by Gasteiger charge is 2.28. The van der Waals surface area contributed by atoms with E-state index in [4.69, 9.17) is 4.74 Å². The van der Waals surface area contributed by atoms with Gasteiger partial charge in [-0.15, -0.1) is 0 Å². The minimum absolute atomic E-state index is 0.146. The van der Waals surface area contributed by atoms with Crippen molar-refractivity contribution in [3.05, 3.63) is 69.3 Å². The summed E-state index contributed by atoms with van der Waals surface area (Å²) in [4.78, 5) is 33.5. The second kappa shape index (κ2) is 5.96. The van der Waals surface area contributed by atoms with Crippen LogP contribution in [0.1, 0.15) is 28.4 Å². The summed E-state index contributed by atoms with van der Waals surface area (Å²) in [6, 6.07) is 11.0. The maximum absolute atomic E-state index is 11.9. The first-order chi connectivity index (χ1) is 11.5. The third-order valence-electron chi connectivity index (χ3n) is 3.46. The molecule has 1 amide bonds. The standard InChI is InChI=1S/C17H12N2O5/c1-10(20)18-15-5-3-2-4-11(15)8-16-13-7-6-12(19(22)23)9-14(13)17(21)24-16/h2-9H,1H3,(H,18,20). The van der Waals surface area contributed by atoms with Gasteiger partial charge < -0.3 is 10.1 Å². The molecule has 2 aromatic carbocycles. The van der Waals surface area contributed by atoms with E-state index in [1.807, 2.05) is 0 Å². The fourth-order valence-corrected chi connectivity index (χ4v) is 2.41. The minimum Gasteiger partial charge on any atom is -0.422 e. The van der Waals surface area contributed by atoms with Crippen LogP contribution in [0.5, 0.6) is 0 Å². The maximum Gasteiger partial charge on any atom is 0.344 e. The van der Waals surface area contributed by atoms with Crippen molar-refractivity contribution in [3.63, 3.8) is 0 Å². The maximum atomic E-state index is 11.9. The van der Waals surface area contributed by atoms with Crippen LogP contribution in [0.15, 0.2) is 42.5 Å². The number of anilines is 1. The zero-order chi connectivity index (χ0) is 17.3. The predicted octanol–water partition coefficient (Wildman–Crippen LogP) is 3.22. The Morgan fingerprint density at radius 2 is 1.96 bits per heavy atom. The van der Waals surface area contributed by atoms with E-state index in [0.717, 1.165) is 0 Å². The molecule has 24 heavy (non-hydrogen) atoms. The molecule has 0 saturated carbocycles. The largest absolute Gasteiger partial charge is 0.422 e. The Hall–Kier alpha value is -3.48. The number of ether oxygens (including phenoxy) is 1. The molecule has 0 bridgehead atoms. The lowest BCUT2D eigenvalue weighted by molar-refractivity contribution is -0.384. The number of hydrogen-bond donors (Lipinski definition) is 1. The molecule has 0 radical (unpaired) electrons. The molecule has 0 unspecified atom stereocenters. The third kappa shape index (κ3) is 2.87. The summed E-state index contributed by atoms with van der Waals surface area (Å²) in [6.07, 6.45) is 1.61. The number of nitro benzene ring substituents is 1. The van der Waals surface area contributed by atoms with E-state index in [-0.39, 0.29) is 22.9 Å². The van der Waals surface area contributed by atoms with Crippen LogP contribution in [-0.2, 0) is 9.53 Å². The molecule has 3 rings (SSSR count). The number of nitrogens with one attached hydrogen (secondary N) is 1. The van der Waals surface area contributed by atoms with Gasteiger partial charge in [0.15, 0.2) is 0 Å². The summed E-state index contributed by atoms with van der Waals surface area (Å²) in [5.74, 6) is -0.583. The molecule has 0 spiro atoms. The van der Waals surface area contributed by atoms with Crippen molar-refractivity contribution in [3.8, 4) is 0 Å². The number of rotatable bonds is 3. The van der Waals surface area contributed by atoms with E-state index in [1.165, 1.54) is 25.1 Å². The lowest BCUT2D eigenvalue weighted by atomic mass is 10.0. The van der Waals surface area contributed by atoms with Crippen molar-refractivity contribution < 1.29 is 19.2 Å². The summed E-state index contributed by atoms with van der Waals surface area (Å²) >= 11 is 0. The van der Waals surface area contributed by atoms with E-state index < -0.39 is 10.9 Å². The molecular weight excluding hydrogens is 312 g/mol. The molecule has 7 heteroatoms. The fourth-order valence-electron chi connectivity index (χ4n) is 2.41. The molecule has 1 heterocycles. The zero-order valence-electron chi connectivity index (χ0n) is 12.6. The summed E-state index contributed by atoms with van der Waals surface area (Å²) < 4.78 is 5.22. The van der Waals surface area contributed by atoms with Crippen molar-refractivity contribution in [1.29, 1.82) is 0 Å². The Balaban J connectivity index is 2.05. The second-order valence-corrected chi connectivity index (χ2v) is 5.15. The molecule has 1 aliphatic rings. The lowest BCUT2D eigenvalue weighted by Crippen LogP contribution is -2.06. The smallest absolute Gasteiger partial charge is 0.344 e. The van der Waals surface area contributed by atoms with Crippen LogP contribution in [0, 0.1) is 10.1 Å². The third-order valence-corrected chi connectivity index (χ3v) is 3.46. The molecular formula is C17H12N2O5. The van der Waals surface area contributed by atoms with Gasteiger partial charge in [0, 0.05) is 35.9 Å². The Bertz CT molecular complexity index is 902. The van der Waals surface area contributed by atoms with E-state index in [2.05, 4.69) is 5.32 Å². The van der Waals surface area contributed by atoms with Gasteiger partial charge in [-0.25, -0.2) is 4.79 Å². The van der Waals surface area contributed by atoms with Gasteiger partial charge in [-0.3, -0.25) is 14.9 Å². The van der Waals surface area contributed by atoms with Crippen molar-refractivity contribution in [2.45, 2.75) is 6.92 Å². The number of carbonyl (C=O) groups is 2. The quantitative estimate of drug-likeness (QED) is 0.531. The van der Waals surface area contributed by atoms with E-state index in [0.29, 0.717) is 16.8 Å². The number of carbonyl (C=O) groups excluding carboxylic acids is 2. The van der Waals surface area contributed by atoms with Crippen LogP contribution in [0.3, 0.4) is 0 Å². The van der Waals surface area contributed by atoms with Gasteiger partial charge in [0.25, 0.3) is 5.69 Å². The number of fused-ring (bicyclic) bond motifs is 1. The van der Waals surface area contributed by atoms with Gasteiger partial charge in [-0.2, -0.15) is 0 Å². The van der Waals surface area contributed by atoms with Gasteiger partial charge in [0.1, 0.15) is 5.76 Å². The van der Waals surface area contributed by atoms with Crippen LogP contribution in [-0.4, -0.2) is 16.8 Å². The van der Waals surface area contributed by atoms with Gasteiger partial charge >= 0.3 is 5.97 Å². The molecule has 0 atom stereocenters. The number of amides is 1. The van der Waals surface area contributed by atoms with Crippen molar-refractivity contribution in [1.82, 2.24) is 0 Å². The van der Waals surface area contributed by atoms with E-state index >= 15 is 0 Å². The first-order valence-electron chi connectivity index (χ1n) is 7.05. The van der Waals surface area contributed by atoms with E-state index in [1.54, 1.807) is 30.3 Å². The lowest BCUT2D eigenvalue weighted by Gasteiger charge is -2.07. The van der Waals surface area contributed by atoms with Gasteiger partial charge in [-0.1, -0.05) is 18.2 Å². The number of cyclic esters (lactones) is 1. The predicted molar refractivity (Wildman–Crippen MR) is 87.1 cm³/mol. The molecule has 0 aliphatic carbocycles. The highest BCUT2D eigenvalue weighted by atomic mass is 16.6. The number of esters is 1. The summed E-state index contributed by atoms with van der Waals surface area (Å²) in [7, 11) is 0. The van der Waals surface area contributed by atoms with Crippen molar-refractivity contribution in [2.75, 3.05) is 5.32 Å². The molecule has 120 valence electrons.